The molecule has 0 radical (unpaired) electrons. The summed E-state index contributed by atoms with van der Waals surface area (Å²) < 4.78 is 19.0. The first-order valence-corrected chi connectivity index (χ1v) is 16.0. The van der Waals surface area contributed by atoms with Crippen LogP contribution in [-0.2, 0) is 18.7 Å². The van der Waals surface area contributed by atoms with Crippen molar-refractivity contribution in [3.05, 3.63) is 101 Å². The van der Waals surface area contributed by atoms with Gasteiger partial charge < -0.3 is 19.0 Å². The van der Waals surface area contributed by atoms with Gasteiger partial charge in [0.15, 0.2) is 0 Å². The topological polar surface area (TPSA) is 114 Å². The van der Waals surface area contributed by atoms with Gasteiger partial charge in [-0.15, -0.1) is 0 Å². The van der Waals surface area contributed by atoms with Crippen molar-refractivity contribution < 1.29 is 23.8 Å². The lowest BCUT2D eigenvalue weighted by molar-refractivity contribution is -0.189. The molecule has 0 bridgehead atoms. The highest BCUT2D eigenvalue weighted by atomic mass is 32.2. The molecular formula is C30H35N3O5SSi. The van der Waals surface area contributed by atoms with Gasteiger partial charge in [-0.25, -0.2) is 0 Å². The maximum absolute atomic E-state index is 12.1. The van der Waals surface area contributed by atoms with E-state index in [9.17, 15) is 15.4 Å². The molecule has 1 aliphatic heterocycles. The molecule has 210 valence electrons. The number of rotatable bonds is 9. The minimum absolute atomic E-state index is 0.0427. The standard InChI is InChI=1S/C30H35N3O5SSi/c1-21(34)37-28-26(32-33-31)29(39-22-14-8-5-9-15-22)38-25(27(28)35)20-36-40(30(2,3)4,23-16-10-6-11-17-23)24-18-12-7-13-19-24/h5-19,25-29,35H,20H2,1-4H3/t25-,26-,27-,28-,29+/m1/s1. The van der Waals surface area contributed by atoms with Gasteiger partial charge in [0.2, 0.25) is 0 Å². The summed E-state index contributed by atoms with van der Waals surface area (Å²) in [6.07, 6.45) is -3.22. The van der Waals surface area contributed by atoms with E-state index in [0.29, 0.717) is 0 Å². The van der Waals surface area contributed by atoms with Crippen LogP contribution in [0.15, 0.2) is 101 Å². The van der Waals surface area contributed by atoms with Gasteiger partial charge in [0, 0.05) is 16.7 Å². The number of aliphatic hydroxyl groups excluding tert-OH is 1. The van der Waals surface area contributed by atoms with E-state index in [2.05, 4.69) is 55.1 Å². The molecule has 0 aromatic heterocycles. The third kappa shape index (κ3) is 6.44. The van der Waals surface area contributed by atoms with Crippen molar-refractivity contribution in [2.75, 3.05) is 6.61 Å². The van der Waals surface area contributed by atoms with Gasteiger partial charge >= 0.3 is 5.97 Å². The zero-order valence-corrected chi connectivity index (χ0v) is 24.9. The Balaban J connectivity index is 1.73. The summed E-state index contributed by atoms with van der Waals surface area (Å²) in [5, 5.41) is 17.2. The molecule has 0 amide bonds. The van der Waals surface area contributed by atoms with Crippen molar-refractivity contribution >= 4 is 36.4 Å². The third-order valence-electron chi connectivity index (χ3n) is 7.01. The summed E-state index contributed by atoms with van der Waals surface area (Å²) in [4.78, 5) is 15.9. The Morgan fingerprint density at radius 2 is 1.52 bits per heavy atom. The normalized spacial score (nSPS) is 23.2. The number of aliphatic hydroxyl groups is 1. The van der Waals surface area contributed by atoms with Gasteiger partial charge in [-0.2, -0.15) is 0 Å². The minimum Gasteiger partial charge on any atom is -0.459 e. The summed E-state index contributed by atoms with van der Waals surface area (Å²) in [7, 11) is -2.93. The van der Waals surface area contributed by atoms with Crippen LogP contribution in [0, 0.1) is 0 Å². The van der Waals surface area contributed by atoms with Crippen LogP contribution < -0.4 is 10.4 Å². The van der Waals surface area contributed by atoms with E-state index in [4.69, 9.17) is 13.9 Å². The van der Waals surface area contributed by atoms with E-state index < -0.39 is 44.1 Å². The molecule has 40 heavy (non-hydrogen) atoms. The molecule has 10 heteroatoms. The SMILES string of the molecule is CC(=O)O[C@H]1[C@H](O)[C@@H](CO[Si](c2ccccc2)(c2ccccc2)C(C)(C)C)O[C@@H](Sc2ccccc2)[C@@H]1N=[N+]=[N-]. The second kappa shape index (κ2) is 13.0. The molecule has 1 heterocycles. The molecule has 0 aliphatic carbocycles. The van der Waals surface area contributed by atoms with Gasteiger partial charge in [0.25, 0.3) is 8.32 Å². The molecule has 1 N–H and O–H groups in total. The number of carbonyl (C=O) groups is 1. The van der Waals surface area contributed by atoms with Crippen LogP contribution in [0.2, 0.25) is 5.04 Å². The van der Waals surface area contributed by atoms with Gasteiger partial charge in [-0.05, 0) is 33.1 Å². The van der Waals surface area contributed by atoms with Crippen molar-refractivity contribution in [1.82, 2.24) is 0 Å². The molecule has 1 saturated heterocycles. The van der Waals surface area contributed by atoms with Crippen LogP contribution >= 0.6 is 11.8 Å². The van der Waals surface area contributed by atoms with Crippen LogP contribution in [-0.4, -0.2) is 55.8 Å². The molecule has 8 nitrogen and oxygen atoms in total. The number of ether oxygens (including phenoxy) is 2. The maximum atomic E-state index is 12.1. The zero-order chi connectivity index (χ0) is 28.8. The van der Waals surface area contributed by atoms with Gasteiger partial charge in [0.05, 0.1) is 6.61 Å². The van der Waals surface area contributed by atoms with E-state index in [1.54, 1.807) is 0 Å². The van der Waals surface area contributed by atoms with Crippen molar-refractivity contribution in [2.24, 2.45) is 5.11 Å². The molecule has 4 rings (SSSR count). The highest BCUT2D eigenvalue weighted by molar-refractivity contribution is 7.99. The fourth-order valence-electron chi connectivity index (χ4n) is 5.25. The molecule has 1 aliphatic rings. The minimum atomic E-state index is -2.93. The Morgan fingerprint density at radius 1 is 1.00 bits per heavy atom. The smallest absolute Gasteiger partial charge is 0.303 e. The monoisotopic (exact) mass is 577 g/mol. The average molecular weight is 578 g/mol. The van der Waals surface area contributed by atoms with Crippen LogP contribution in [0.5, 0.6) is 0 Å². The van der Waals surface area contributed by atoms with Crippen molar-refractivity contribution in [2.45, 2.75) is 67.4 Å². The molecule has 0 spiro atoms. The molecule has 3 aromatic carbocycles. The fraction of sp³-hybridized carbons (Fsp3) is 0.367. The molecule has 5 atom stereocenters. The van der Waals surface area contributed by atoms with E-state index in [-0.39, 0.29) is 11.6 Å². The fourth-order valence-corrected chi connectivity index (χ4v) is 10.9. The predicted octanol–water partition coefficient (Wildman–Crippen LogP) is 5.05. The summed E-state index contributed by atoms with van der Waals surface area (Å²) in [6.45, 7) is 7.82. The van der Waals surface area contributed by atoms with Crippen LogP contribution in [0.4, 0.5) is 0 Å². The van der Waals surface area contributed by atoms with Crippen LogP contribution in [0.1, 0.15) is 27.7 Å². The number of hydrogen-bond donors (Lipinski definition) is 1. The quantitative estimate of drug-likeness (QED) is 0.125. The maximum Gasteiger partial charge on any atom is 0.303 e. The van der Waals surface area contributed by atoms with E-state index in [1.807, 2.05) is 66.7 Å². The number of carbonyl (C=O) groups excluding carboxylic acids is 1. The first kappa shape index (κ1) is 29.9. The van der Waals surface area contributed by atoms with E-state index in [1.165, 1.54) is 18.7 Å². The van der Waals surface area contributed by atoms with Gasteiger partial charge in [-0.1, -0.05) is 117 Å². The number of esters is 1. The summed E-state index contributed by atoms with van der Waals surface area (Å²) in [6, 6.07) is 29.0. The van der Waals surface area contributed by atoms with Crippen LogP contribution in [0.3, 0.4) is 0 Å². The summed E-state index contributed by atoms with van der Waals surface area (Å²) in [5.41, 5.74) is 8.59. The Hall–Kier alpha value is -3.11. The lowest BCUT2D eigenvalue weighted by atomic mass is 9.98. The Bertz CT molecular complexity index is 1260. The first-order valence-electron chi connectivity index (χ1n) is 13.2. The highest BCUT2D eigenvalue weighted by Gasteiger charge is 2.53. The van der Waals surface area contributed by atoms with E-state index >= 15 is 0 Å². The Morgan fingerprint density at radius 3 is 2.00 bits per heavy atom. The Kier molecular flexibility index (Phi) is 9.73. The number of azide groups is 1. The number of thioether (sulfide) groups is 1. The molecule has 0 unspecified atom stereocenters. The van der Waals surface area contributed by atoms with Crippen molar-refractivity contribution in [3.8, 4) is 0 Å². The predicted molar refractivity (Wildman–Crippen MR) is 159 cm³/mol. The summed E-state index contributed by atoms with van der Waals surface area (Å²) >= 11 is 1.35. The number of hydrogen-bond acceptors (Lipinski definition) is 7. The highest BCUT2D eigenvalue weighted by Crippen LogP contribution is 2.39. The Labute approximate surface area is 240 Å². The van der Waals surface area contributed by atoms with Crippen molar-refractivity contribution in [3.63, 3.8) is 0 Å². The molecule has 1 fully saturated rings. The van der Waals surface area contributed by atoms with Gasteiger partial charge in [-0.3, -0.25) is 4.79 Å². The van der Waals surface area contributed by atoms with Crippen LogP contribution in [0.25, 0.3) is 10.4 Å². The van der Waals surface area contributed by atoms with Gasteiger partial charge in [0.1, 0.15) is 29.8 Å². The van der Waals surface area contributed by atoms with E-state index in [0.717, 1.165) is 15.3 Å². The second-order valence-electron chi connectivity index (χ2n) is 10.7. The molecule has 0 saturated carbocycles. The zero-order valence-electron chi connectivity index (χ0n) is 23.1. The lowest BCUT2D eigenvalue weighted by Gasteiger charge is -2.46. The number of benzene rings is 3. The molecular weight excluding hydrogens is 542 g/mol. The van der Waals surface area contributed by atoms with Crippen molar-refractivity contribution in [1.29, 1.82) is 0 Å². The summed E-state index contributed by atoms with van der Waals surface area (Å²) in [5.74, 6) is -0.584. The average Bonchev–Trinajstić information content (AvgIpc) is 2.94. The lowest BCUT2D eigenvalue weighted by Crippen LogP contribution is -2.68. The first-order chi connectivity index (χ1) is 19.2. The third-order valence-corrected chi connectivity index (χ3v) is 13.2. The largest absolute Gasteiger partial charge is 0.459 e. The second-order valence-corrected chi connectivity index (χ2v) is 16.2. The number of nitrogens with zero attached hydrogens (tertiary/aromatic N) is 3. The molecule has 3 aromatic rings.